The molecule has 1 fully saturated rings. The monoisotopic (exact) mass is 212 g/mol. The largest absolute Gasteiger partial charge is 0.0773 e. The van der Waals surface area contributed by atoms with Crippen molar-refractivity contribution in [2.24, 2.45) is 23.7 Å². The Morgan fingerprint density at radius 2 is 1.12 bits per heavy atom. The van der Waals surface area contributed by atoms with Gasteiger partial charge in [0.05, 0.1) is 0 Å². The lowest BCUT2D eigenvalue weighted by Crippen LogP contribution is -2.24. The van der Waals surface area contributed by atoms with Crippen LogP contribution in [-0.2, 0) is 0 Å². The first-order valence-electron chi connectivity index (χ1n) is 6.65. The number of hydrogen-bond acceptors (Lipinski definition) is 0. The molecule has 3 rings (SSSR count). The molecule has 0 atom stereocenters. The van der Waals surface area contributed by atoms with Gasteiger partial charge in [-0.25, -0.2) is 0 Å². The Hall–Kier alpha value is -1.04. The van der Waals surface area contributed by atoms with E-state index in [9.17, 15) is 0 Å². The second-order valence-electron chi connectivity index (χ2n) is 5.32. The van der Waals surface area contributed by atoms with Gasteiger partial charge >= 0.3 is 0 Å². The van der Waals surface area contributed by atoms with Crippen molar-refractivity contribution < 1.29 is 0 Å². The molecule has 3 aliphatic carbocycles. The van der Waals surface area contributed by atoms with Gasteiger partial charge in [-0.05, 0) is 23.7 Å². The van der Waals surface area contributed by atoms with Crippen molar-refractivity contribution >= 4 is 0 Å². The summed E-state index contributed by atoms with van der Waals surface area (Å²) in [6, 6.07) is 0. The molecular formula is C16H20. The van der Waals surface area contributed by atoms with Crippen LogP contribution in [-0.4, -0.2) is 0 Å². The average Bonchev–Trinajstić information content (AvgIpc) is 3.02. The first kappa shape index (κ1) is 10.1. The molecule has 0 radical (unpaired) electrons. The zero-order chi connectivity index (χ0) is 10.8. The fourth-order valence-electron chi connectivity index (χ4n) is 3.64. The van der Waals surface area contributed by atoms with Gasteiger partial charge in [0.15, 0.2) is 0 Å². The summed E-state index contributed by atoms with van der Waals surface area (Å²) in [5, 5.41) is 0. The van der Waals surface area contributed by atoms with Gasteiger partial charge < -0.3 is 0 Å². The Labute approximate surface area is 98.4 Å². The molecule has 0 unspecified atom stereocenters. The maximum Gasteiger partial charge on any atom is -0.000769 e. The molecular weight excluding hydrogens is 192 g/mol. The summed E-state index contributed by atoms with van der Waals surface area (Å²) in [7, 11) is 0. The minimum Gasteiger partial charge on any atom is -0.0773 e. The molecule has 1 saturated carbocycles. The minimum absolute atomic E-state index is 0.681. The molecule has 0 aliphatic heterocycles. The van der Waals surface area contributed by atoms with E-state index in [1.165, 1.54) is 25.7 Å². The summed E-state index contributed by atoms with van der Waals surface area (Å²) in [5.41, 5.74) is 0. The number of allylic oxidation sites excluding steroid dienone is 8. The molecule has 0 spiro atoms. The molecule has 0 saturated heterocycles. The smallest absolute Gasteiger partial charge is 0.000769 e. The minimum atomic E-state index is 0.681. The third-order valence-corrected chi connectivity index (χ3v) is 4.39. The molecule has 0 amide bonds. The molecule has 0 aromatic carbocycles. The van der Waals surface area contributed by atoms with E-state index < -0.39 is 0 Å². The highest BCUT2D eigenvalue weighted by atomic mass is 14.4. The van der Waals surface area contributed by atoms with E-state index in [0.717, 1.165) is 11.8 Å². The molecule has 0 heteroatoms. The summed E-state index contributed by atoms with van der Waals surface area (Å²) in [4.78, 5) is 0. The summed E-state index contributed by atoms with van der Waals surface area (Å²) < 4.78 is 0. The van der Waals surface area contributed by atoms with Gasteiger partial charge in [-0.1, -0.05) is 74.3 Å². The molecule has 84 valence electrons. The lowest BCUT2D eigenvalue weighted by atomic mass is 9.73. The fraction of sp³-hybridized carbons (Fsp3) is 0.500. The predicted octanol–water partition coefficient (Wildman–Crippen LogP) is 4.28. The van der Waals surface area contributed by atoms with E-state index in [0.29, 0.717) is 11.8 Å². The van der Waals surface area contributed by atoms with Crippen LogP contribution in [0.4, 0.5) is 0 Å². The van der Waals surface area contributed by atoms with Gasteiger partial charge in [0.2, 0.25) is 0 Å². The molecule has 0 heterocycles. The molecule has 0 bridgehead atoms. The third kappa shape index (κ3) is 1.81. The summed E-state index contributed by atoms with van der Waals surface area (Å²) in [6.07, 6.45) is 24.2. The molecule has 0 aromatic heterocycles. The van der Waals surface area contributed by atoms with Gasteiger partial charge in [0, 0.05) is 0 Å². The predicted molar refractivity (Wildman–Crippen MR) is 69.0 cm³/mol. The Kier molecular flexibility index (Phi) is 2.82. The Bertz CT molecular complexity index is 298. The highest BCUT2D eigenvalue weighted by Crippen LogP contribution is 2.43. The molecule has 0 aromatic rings. The van der Waals surface area contributed by atoms with E-state index in [4.69, 9.17) is 0 Å². The van der Waals surface area contributed by atoms with Crippen molar-refractivity contribution in [1.82, 2.24) is 0 Å². The van der Waals surface area contributed by atoms with Crippen molar-refractivity contribution in [2.45, 2.75) is 25.7 Å². The van der Waals surface area contributed by atoms with Gasteiger partial charge in [0.1, 0.15) is 0 Å². The topological polar surface area (TPSA) is 0 Å². The zero-order valence-electron chi connectivity index (χ0n) is 9.76. The number of hydrogen-bond donors (Lipinski definition) is 0. The molecule has 16 heavy (non-hydrogen) atoms. The SMILES string of the molecule is C1=CC(C(C2C=CC=C2)C2CCCC2)C=C1. The third-order valence-electron chi connectivity index (χ3n) is 4.39. The van der Waals surface area contributed by atoms with Crippen LogP contribution in [0.3, 0.4) is 0 Å². The molecule has 3 aliphatic rings. The van der Waals surface area contributed by atoms with Crippen LogP contribution in [0.1, 0.15) is 25.7 Å². The van der Waals surface area contributed by atoms with Crippen molar-refractivity contribution in [3.8, 4) is 0 Å². The fourth-order valence-corrected chi connectivity index (χ4v) is 3.64. The van der Waals surface area contributed by atoms with Crippen molar-refractivity contribution in [3.05, 3.63) is 48.6 Å². The van der Waals surface area contributed by atoms with Gasteiger partial charge in [0.25, 0.3) is 0 Å². The molecule has 0 N–H and O–H groups in total. The van der Waals surface area contributed by atoms with Gasteiger partial charge in [-0.15, -0.1) is 0 Å². The highest BCUT2D eigenvalue weighted by molar-refractivity contribution is 5.25. The van der Waals surface area contributed by atoms with Gasteiger partial charge in [-0.3, -0.25) is 0 Å². The van der Waals surface area contributed by atoms with E-state index in [1.54, 1.807) is 0 Å². The summed E-state index contributed by atoms with van der Waals surface area (Å²) in [6.45, 7) is 0. The summed E-state index contributed by atoms with van der Waals surface area (Å²) >= 11 is 0. The standard InChI is InChI=1S/C16H20/c1-2-8-13(7-1)16(14-9-3-4-10-14)15-11-5-6-12-15/h1-4,7-10,13-16H,5-6,11-12H2. The van der Waals surface area contributed by atoms with Crippen LogP contribution in [0.15, 0.2) is 48.6 Å². The Balaban J connectivity index is 1.81. The maximum atomic E-state index is 2.39. The quantitative estimate of drug-likeness (QED) is 0.655. The second-order valence-corrected chi connectivity index (χ2v) is 5.32. The zero-order valence-corrected chi connectivity index (χ0v) is 9.76. The number of rotatable bonds is 3. The first-order chi connectivity index (χ1) is 7.95. The first-order valence-corrected chi connectivity index (χ1v) is 6.65. The van der Waals surface area contributed by atoms with Crippen LogP contribution in [0.5, 0.6) is 0 Å². The van der Waals surface area contributed by atoms with Crippen LogP contribution in [0.2, 0.25) is 0 Å². The van der Waals surface area contributed by atoms with Crippen LogP contribution < -0.4 is 0 Å². The van der Waals surface area contributed by atoms with Crippen LogP contribution in [0, 0.1) is 23.7 Å². The van der Waals surface area contributed by atoms with Crippen molar-refractivity contribution in [1.29, 1.82) is 0 Å². The van der Waals surface area contributed by atoms with Crippen LogP contribution in [0.25, 0.3) is 0 Å². The Morgan fingerprint density at radius 1 is 0.688 bits per heavy atom. The highest BCUT2D eigenvalue weighted by Gasteiger charge is 2.34. The lowest BCUT2D eigenvalue weighted by Gasteiger charge is -2.31. The maximum absolute atomic E-state index is 2.39. The van der Waals surface area contributed by atoms with E-state index in [2.05, 4.69) is 48.6 Å². The normalized spacial score (nSPS) is 25.8. The average molecular weight is 212 g/mol. The Morgan fingerprint density at radius 3 is 1.56 bits per heavy atom. The van der Waals surface area contributed by atoms with E-state index in [-0.39, 0.29) is 0 Å². The van der Waals surface area contributed by atoms with E-state index >= 15 is 0 Å². The van der Waals surface area contributed by atoms with Crippen LogP contribution >= 0.6 is 0 Å². The summed E-state index contributed by atoms with van der Waals surface area (Å²) in [5.74, 6) is 3.11. The lowest BCUT2D eigenvalue weighted by molar-refractivity contribution is 0.259. The van der Waals surface area contributed by atoms with E-state index in [1.807, 2.05) is 0 Å². The van der Waals surface area contributed by atoms with Crippen molar-refractivity contribution in [3.63, 3.8) is 0 Å². The van der Waals surface area contributed by atoms with Crippen molar-refractivity contribution in [2.75, 3.05) is 0 Å². The van der Waals surface area contributed by atoms with Gasteiger partial charge in [-0.2, -0.15) is 0 Å². The molecule has 0 nitrogen and oxygen atoms in total. The second kappa shape index (κ2) is 4.45.